The number of H-pyrrole nitrogens is 1. The fourth-order valence-electron chi connectivity index (χ4n) is 1.38. The molecule has 0 spiro atoms. The number of aromatic nitrogens is 2. The van der Waals surface area contributed by atoms with Gasteiger partial charge in [0.2, 0.25) is 0 Å². The Morgan fingerprint density at radius 3 is 2.62 bits per heavy atom. The highest BCUT2D eigenvalue weighted by molar-refractivity contribution is 5.92. The maximum absolute atomic E-state index is 11.3. The van der Waals surface area contributed by atoms with Crippen LogP contribution >= 0.6 is 0 Å². The summed E-state index contributed by atoms with van der Waals surface area (Å²) in [5, 5.41) is 2.50. The molecule has 0 saturated carbocycles. The fraction of sp³-hybridized carbons (Fsp3) is 0.0909. The third-order valence-corrected chi connectivity index (χ3v) is 2.11. The maximum atomic E-state index is 11.3. The molecule has 0 radical (unpaired) electrons. The number of carbonyl (C=O) groups is 1. The molecule has 0 aliphatic rings. The molecular weight excluding hydrogens is 206 g/mol. The summed E-state index contributed by atoms with van der Waals surface area (Å²) in [7, 11) is 0. The second-order valence-electron chi connectivity index (χ2n) is 3.38. The van der Waals surface area contributed by atoms with Crippen LogP contribution in [-0.2, 0) is 0 Å². The molecule has 2 aromatic rings. The average Bonchev–Trinajstić information content (AvgIpc) is 2.61. The number of hydrogen-bond donors (Lipinski definition) is 2. The summed E-state index contributed by atoms with van der Waals surface area (Å²) in [4.78, 5) is 23.7. The van der Waals surface area contributed by atoms with E-state index in [1.54, 1.807) is 0 Å². The second kappa shape index (κ2) is 4.06. The summed E-state index contributed by atoms with van der Waals surface area (Å²) in [6.45, 7) is 1.41. The highest BCUT2D eigenvalue weighted by Gasteiger charge is 2.08. The van der Waals surface area contributed by atoms with Crippen LogP contribution in [0, 0.1) is 0 Å². The molecule has 5 nitrogen and oxygen atoms in total. The third kappa shape index (κ3) is 2.03. The normalized spacial score (nSPS) is 10.1. The van der Waals surface area contributed by atoms with Gasteiger partial charge >= 0.3 is 0 Å². The first kappa shape index (κ1) is 10.2. The van der Waals surface area contributed by atoms with E-state index in [4.69, 9.17) is 0 Å². The monoisotopic (exact) mass is 217 g/mol. The number of para-hydroxylation sites is 1. The lowest BCUT2D eigenvalue weighted by Crippen LogP contribution is -2.17. The number of ketones is 1. The summed E-state index contributed by atoms with van der Waals surface area (Å²) < 4.78 is 0. The molecule has 0 aliphatic carbocycles. The van der Waals surface area contributed by atoms with Crippen molar-refractivity contribution in [2.45, 2.75) is 6.92 Å². The quantitative estimate of drug-likeness (QED) is 0.760. The van der Waals surface area contributed by atoms with Crippen LogP contribution in [0.25, 0.3) is 0 Å². The van der Waals surface area contributed by atoms with Gasteiger partial charge in [-0.3, -0.25) is 15.0 Å². The summed E-state index contributed by atoms with van der Waals surface area (Å²) in [6.07, 6.45) is 0. The lowest BCUT2D eigenvalue weighted by Gasteiger charge is -2.08. The molecule has 0 amide bonds. The maximum Gasteiger partial charge on any atom is 0.266 e. The van der Waals surface area contributed by atoms with Gasteiger partial charge in [-0.25, -0.2) is 5.10 Å². The Bertz CT molecular complexity index is 554. The topological polar surface area (TPSA) is 66.9 Å². The van der Waals surface area contributed by atoms with Crippen LogP contribution < -0.4 is 11.0 Å². The number of benzene rings is 1. The van der Waals surface area contributed by atoms with E-state index in [1.165, 1.54) is 17.8 Å². The Hall–Kier alpha value is -2.30. The first-order valence-electron chi connectivity index (χ1n) is 4.82. The number of hydrogen-bond acceptors (Lipinski definition) is 3. The van der Waals surface area contributed by atoms with E-state index >= 15 is 0 Å². The number of rotatable bonds is 3. The summed E-state index contributed by atoms with van der Waals surface area (Å²) in [5.74, 6) is -0.179. The first-order chi connectivity index (χ1) is 7.66. The molecule has 2 rings (SSSR count). The summed E-state index contributed by atoms with van der Waals surface area (Å²) in [6, 6.07) is 10.5. The summed E-state index contributed by atoms with van der Waals surface area (Å²) in [5.41, 5.74) is 3.69. The average molecular weight is 217 g/mol. The minimum absolute atomic E-state index is 0.179. The fourth-order valence-corrected chi connectivity index (χ4v) is 1.38. The highest BCUT2D eigenvalue weighted by atomic mass is 16.1. The lowest BCUT2D eigenvalue weighted by molar-refractivity contribution is 0.100. The molecule has 0 fully saturated rings. The molecule has 0 unspecified atom stereocenters. The van der Waals surface area contributed by atoms with E-state index in [1.807, 2.05) is 30.3 Å². The van der Waals surface area contributed by atoms with E-state index in [0.717, 1.165) is 5.69 Å². The van der Waals surface area contributed by atoms with Gasteiger partial charge in [0.1, 0.15) is 5.69 Å². The van der Waals surface area contributed by atoms with Crippen LogP contribution in [0.15, 0.2) is 41.2 Å². The number of nitrogens with zero attached hydrogens (tertiary/aromatic N) is 1. The third-order valence-electron chi connectivity index (χ3n) is 2.11. The minimum atomic E-state index is -0.311. The Morgan fingerprint density at radius 2 is 2.00 bits per heavy atom. The van der Waals surface area contributed by atoms with Gasteiger partial charge in [0, 0.05) is 13.0 Å². The Balaban J connectivity index is 2.35. The number of nitrogens with one attached hydrogen (secondary N) is 2. The molecule has 0 atom stereocenters. The van der Waals surface area contributed by atoms with Crippen LogP contribution in [0.4, 0.5) is 5.69 Å². The van der Waals surface area contributed by atoms with E-state index < -0.39 is 0 Å². The molecule has 1 aromatic heterocycles. The zero-order valence-electron chi connectivity index (χ0n) is 8.73. The standard InChI is InChI=1S/C11H11N3O2/c1-8(15)10-7-11(16)13-14(10)12-9-5-3-2-4-6-9/h2-7,12H,1H3,(H,13,16). The van der Waals surface area contributed by atoms with Gasteiger partial charge in [-0.1, -0.05) is 18.2 Å². The number of aromatic amines is 1. The van der Waals surface area contributed by atoms with Gasteiger partial charge in [-0.05, 0) is 12.1 Å². The van der Waals surface area contributed by atoms with Crippen LogP contribution in [0.1, 0.15) is 17.4 Å². The van der Waals surface area contributed by atoms with Crippen LogP contribution in [0.2, 0.25) is 0 Å². The molecule has 1 heterocycles. The molecule has 0 bridgehead atoms. The van der Waals surface area contributed by atoms with Crippen molar-refractivity contribution in [1.29, 1.82) is 0 Å². The summed E-state index contributed by atoms with van der Waals surface area (Å²) >= 11 is 0. The van der Waals surface area contributed by atoms with Crippen molar-refractivity contribution in [1.82, 2.24) is 9.89 Å². The van der Waals surface area contributed by atoms with Crippen molar-refractivity contribution < 1.29 is 4.79 Å². The SMILES string of the molecule is CC(=O)c1cc(=O)[nH]n1Nc1ccccc1. The predicted molar refractivity (Wildman–Crippen MR) is 60.5 cm³/mol. The largest absolute Gasteiger partial charge is 0.293 e. The number of anilines is 1. The Morgan fingerprint density at radius 1 is 1.31 bits per heavy atom. The number of Topliss-reactive ketones (excluding diaryl/α,β-unsaturated/α-hetero) is 1. The molecule has 5 heteroatoms. The van der Waals surface area contributed by atoms with Gasteiger partial charge in [-0.15, -0.1) is 0 Å². The van der Waals surface area contributed by atoms with E-state index in [9.17, 15) is 9.59 Å². The van der Waals surface area contributed by atoms with Crippen molar-refractivity contribution in [2.75, 3.05) is 5.43 Å². The molecular formula is C11H11N3O2. The van der Waals surface area contributed by atoms with Crippen molar-refractivity contribution >= 4 is 11.5 Å². The molecule has 16 heavy (non-hydrogen) atoms. The Kier molecular flexibility index (Phi) is 2.59. The molecule has 1 aromatic carbocycles. The predicted octanol–water partition coefficient (Wildman–Crippen LogP) is 1.25. The molecule has 82 valence electrons. The highest BCUT2D eigenvalue weighted by Crippen LogP contribution is 2.06. The van der Waals surface area contributed by atoms with Crippen LogP contribution in [0.5, 0.6) is 0 Å². The van der Waals surface area contributed by atoms with E-state index in [2.05, 4.69) is 10.5 Å². The number of carbonyl (C=O) groups excluding carboxylic acids is 1. The van der Waals surface area contributed by atoms with Crippen molar-refractivity contribution in [3.05, 3.63) is 52.4 Å². The second-order valence-corrected chi connectivity index (χ2v) is 3.38. The minimum Gasteiger partial charge on any atom is -0.293 e. The lowest BCUT2D eigenvalue weighted by atomic mass is 10.3. The van der Waals surface area contributed by atoms with Crippen LogP contribution in [-0.4, -0.2) is 15.7 Å². The zero-order valence-corrected chi connectivity index (χ0v) is 8.73. The van der Waals surface area contributed by atoms with Gasteiger partial charge in [-0.2, -0.15) is 4.79 Å². The smallest absolute Gasteiger partial charge is 0.266 e. The Labute approximate surface area is 91.7 Å². The van der Waals surface area contributed by atoms with Crippen molar-refractivity contribution in [2.24, 2.45) is 0 Å². The van der Waals surface area contributed by atoms with E-state index in [-0.39, 0.29) is 11.3 Å². The van der Waals surface area contributed by atoms with Gasteiger partial charge < -0.3 is 0 Å². The molecule has 0 aliphatic heterocycles. The van der Waals surface area contributed by atoms with Gasteiger partial charge in [0.15, 0.2) is 5.78 Å². The first-order valence-corrected chi connectivity index (χ1v) is 4.82. The van der Waals surface area contributed by atoms with Crippen molar-refractivity contribution in [3.8, 4) is 0 Å². The zero-order chi connectivity index (χ0) is 11.5. The van der Waals surface area contributed by atoms with Gasteiger partial charge in [0.05, 0.1) is 5.69 Å². The van der Waals surface area contributed by atoms with Crippen molar-refractivity contribution in [3.63, 3.8) is 0 Å². The molecule has 0 saturated heterocycles. The van der Waals surface area contributed by atoms with Gasteiger partial charge in [0.25, 0.3) is 5.56 Å². The van der Waals surface area contributed by atoms with E-state index in [0.29, 0.717) is 5.69 Å². The molecule has 2 N–H and O–H groups in total. The van der Waals surface area contributed by atoms with Crippen LogP contribution in [0.3, 0.4) is 0 Å².